The number of rotatable bonds is 12. The summed E-state index contributed by atoms with van der Waals surface area (Å²) < 4.78 is 0. The minimum Gasteiger partial charge on any atom is -0.354 e. The van der Waals surface area contributed by atoms with Gasteiger partial charge in [-0.3, -0.25) is 14.4 Å². The van der Waals surface area contributed by atoms with E-state index in [0.29, 0.717) is 51.7 Å². The Balaban J connectivity index is 1.33. The molecule has 2 aromatic rings. The van der Waals surface area contributed by atoms with Crippen molar-refractivity contribution in [2.75, 3.05) is 19.6 Å². The van der Waals surface area contributed by atoms with Gasteiger partial charge in [-0.15, -0.1) is 0 Å². The molecule has 1 aliphatic heterocycles. The molecule has 2 amide bonds. The molecule has 38 heavy (non-hydrogen) atoms. The summed E-state index contributed by atoms with van der Waals surface area (Å²) in [7, 11) is 0. The van der Waals surface area contributed by atoms with Crippen LogP contribution in [0.4, 0.5) is 0 Å². The van der Waals surface area contributed by atoms with Crippen LogP contribution in [0.25, 0.3) is 10.8 Å². The highest BCUT2D eigenvalue weighted by Gasteiger charge is 2.21. The Bertz CT molecular complexity index is 1300. The summed E-state index contributed by atoms with van der Waals surface area (Å²) in [5.41, 5.74) is 7.56. The molecule has 0 aromatic heterocycles. The average molecular weight is 531 g/mol. The van der Waals surface area contributed by atoms with Gasteiger partial charge in [0, 0.05) is 49.7 Å². The summed E-state index contributed by atoms with van der Waals surface area (Å²) >= 11 is 1.59. The minimum atomic E-state index is -0.664. The highest BCUT2D eigenvalue weighted by atomic mass is 32.2. The van der Waals surface area contributed by atoms with Gasteiger partial charge in [-0.05, 0) is 52.8 Å². The Morgan fingerprint density at radius 1 is 1.11 bits per heavy atom. The molecule has 0 radical (unpaired) electrons. The molecule has 4 N–H and O–H groups in total. The molecule has 7 nitrogen and oxygen atoms in total. The summed E-state index contributed by atoms with van der Waals surface area (Å²) in [5, 5.41) is 10.1. The van der Waals surface area contributed by atoms with Gasteiger partial charge in [0.2, 0.25) is 11.8 Å². The van der Waals surface area contributed by atoms with Crippen LogP contribution in [0.1, 0.15) is 31.2 Å². The first-order valence-electron chi connectivity index (χ1n) is 13.0. The van der Waals surface area contributed by atoms with Gasteiger partial charge in [0.15, 0.2) is 5.78 Å². The lowest BCUT2D eigenvalue weighted by Gasteiger charge is -2.23. The molecule has 198 valence electrons. The van der Waals surface area contributed by atoms with E-state index < -0.39 is 6.04 Å². The van der Waals surface area contributed by atoms with Crippen LogP contribution in [-0.2, 0) is 20.8 Å². The third kappa shape index (κ3) is 7.94. The lowest BCUT2D eigenvalue weighted by atomic mass is 10.0. The van der Waals surface area contributed by atoms with Crippen LogP contribution in [-0.4, -0.2) is 48.2 Å². The number of hydrogen-bond donors (Lipinski definition) is 3. The number of carbonyl (C=O) groups is 3. The zero-order valence-electron chi connectivity index (χ0n) is 21.4. The van der Waals surface area contributed by atoms with E-state index in [1.165, 1.54) is 0 Å². The topological polar surface area (TPSA) is 105 Å². The number of carbonyl (C=O) groups excluding carboxylic acids is 3. The SMILES string of the molecule is NCCCNC(=O)[C@@H](Cc1ccc2ccccc2c1)NC(=O)CCCN1C=CSC(C2=CC=CC(=O)C2)=C1. The van der Waals surface area contributed by atoms with Gasteiger partial charge in [0.05, 0.1) is 0 Å². The minimum absolute atomic E-state index is 0.104. The van der Waals surface area contributed by atoms with Crippen molar-refractivity contribution in [3.05, 3.63) is 94.5 Å². The number of nitrogens with two attached hydrogens (primary N) is 1. The van der Waals surface area contributed by atoms with Crippen LogP contribution in [0, 0.1) is 0 Å². The van der Waals surface area contributed by atoms with E-state index in [9.17, 15) is 14.4 Å². The van der Waals surface area contributed by atoms with Gasteiger partial charge >= 0.3 is 0 Å². The fourth-order valence-electron chi connectivity index (χ4n) is 4.39. The fourth-order valence-corrected chi connectivity index (χ4v) is 5.24. The van der Waals surface area contributed by atoms with Crippen molar-refractivity contribution in [2.45, 2.75) is 38.1 Å². The predicted octanol–water partition coefficient (Wildman–Crippen LogP) is 3.93. The van der Waals surface area contributed by atoms with E-state index in [4.69, 9.17) is 5.73 Å². The third-order valence-electron chi connectivity index (χ3n) is 6.40. The largest absolute Gasteiger partial charge is 0.354 e. The van der Waals surface area contributed by atoms with Crippen LogP contribution >= 0.6 is 11.8 Å². The molecule has 1 heterocycles. The van der Waals surface area contributed by atoms with E-state index in [1.807, 2.05) is 59.1 Å². The van der Waals surface area contributed by atoms with Gasteiger partial charge in [0.25, 0.3) is 0 Å². The van der Waals surface area contributed by atoms with Crippen molar-refractivity contribution < 1.29 is 14.4 Å². The van der Waals surface area contributed by atoms with Crippen LogP contribution in [0.15, 0.2) is 89.0 Å². The second kappa shape index (κ2) is 13.8. The number of amides is 2. The monoisotopic (exact) mass is 530 g/mol. The van der Waals surface area contributed by atoms with Gasteiger partial charge in [-0.2, -0.15) is 0 Å². The first kappa shape index (κ1) is 27.4. The number of allylic oxidation sites excluding steroid dienone is 4. The Hall–Kier alpha value is -3.62. The highest BCUT2D eigenvalue weighted by Crippen LogP contribution is 2.32. The third-order valence-corrected chi connectivity index (χ3v) is 7.28. The number of fused-ring (bicyclic) bond motifs is 1. The smallest absolute Gasteiger partial charge is 0.242 e. The zero-order chi connectivity index (χ0) is 26.7. The Labute approximate surface area is 227 Å². The number of benzene rings is 2. The number of hydrogen-bond acceptors (Lipinski definition) is 6. The average Bonchev–Trinajstić information content (AvgIpc) is 2.93. The molecule has 1 atom stereocenters. The van der Waals surface area contributed by atoms with Gasteiger partial charge < -0.3 is 21.3 Å². The molecule has 2 aliphatic rings. The van der Waals surface area contributed by atoms with Gasteiger partial charge in [-0.1, -0.05) is 66.4 Å². The number of ketones is 1. The maximum absolute atomic E-state index is 12.9. The van der Waals surface area contributed by atoms with Crippen molar-refractivity contribution in [2.24, 2.45) is 5.73 Å². The molecule has 8 heteroatoms. The Kier molecular flexibility index (Phi) is 9.95. The molecule has 4 rings (SSSR count). The first-order chi connectivity index (χ1) is 18.5. The molecule has 0 bridgehead atoms. The Morgan fingerprint density at radius 3 is 2.76 bits per heavy atom. The predicted molar refractivity (Wildman–Crippen MR) is 154 cm³/mol. The summed E-state index contributed by atoms with van der Waals surface area (Å²) in [6.45, 7) is 1.63. The fraction of sp³-hybridized carbons (Fsp3) is 0.300. The van der Waals surface area contributed by atoms with Crippen LogP contribution in [0.5, 0.6) is 0 Å². The molecule has 1 aliphatic carbocycles. The van der Waals surface area contributed by atoms with E-state index >= 15 is 0 Å². The summed E-state index contributed by atoms with van der Waals surface area (Å²) in [5.74, 6) is -0.255. The van der Waals surface area contributed by atoms with E-state index in [1.54, 1.807) is 23.9 Å². The van der Waals surface area contributed by atoms with Crippen molar-refractivity contribution in [1.82, 2.24) is 15.5 Å². The zero-order valence-corrected chi connectivity index (χ0v) is 22.2. The molecular formula is C30H34N4O3S. The lowest BCUT2D eigenvalue weighted by molar-refractivity contribution is -0.129. The second-order valence-corrected chi connectivity index (χ2v) is 10.3. The maximum atomic E-state index is 12.9. The second-order valence-electron chi connectivity index (χ2n) is 9.37. The Morgan fingerprint density at radius 2 is 1.95 bits per heavy atom. The highest BCUT2D eigenvalue weighted by molar-refractivity contribution is 8.06. The summed E-state index contributed by atoms with van der Waals surface area (Å²) in [6, 6.07) is 13.5. The number of nitrogens with one attached hydrogen (secondary N) is 2. The summed E-state index contributed by atoms with van der Waals surface area (Å²) in [4.78, 5) is 40.6. The van der Waals surface area contributed by atoms with Crippen LogP contribution < -0.4 is 16.4 Å². The van der Waals surface area contributed by atoms with Crippen LogP contribution in [0.3, 0.4) is 0 Å². The van der Waals surface area contributed by atoms with E-state index in [-0.39, 0.29) is 17.6 Å². The number of thioether (sulfide) groups is 1. The normalized spacial score (nSPS) is 15.7. The van der Waals surface area contributed by atoms with Crippen LogP contribution in [0.2, 0.25) is 0 Å². The van der Waals surface area contributed by atoms with Crippen molar-refractivity contribution in [3.8, 4) is 0 Å². The van der Waals surface area contributed by atoms with Gasteiger partial charge in [-0.25, -0.2) is 0 Å². The number of nitrogens with zero attached hydrogens (tertiary/aromatic N) is 1. The van der Waals surface area contributed by atoms with E-state index in [2.05, 4.69) is 22.8 Å². The standard InChI is InChI=1S/C30H34N4O3S/c31-13-5-14-32-30(37)27(19-22-11-12-23-6-1-2-7-24(23)18-22)33-29(36)10-4-15-34-16-17-38-28(21-34)25-8-3-9-26(35)20-25/h1-3,6-9,11-12,16-18,21,27H,4-5,10,13-15,19-20,31H2,(H,32,37)(H,33,36)/t27-/m1/s1. The molecular weight excluding hydrogens is 496 g/mol. The molecule has 0 unspecified atom stereocenters. The molecule has 0 saturated carbocycles. The molecule has 0 saturated heterocycles. The quantitative estimate of drug-likeness (QED) is 0.359. The maximum Gasteiger partial charge on any atom is 0.242 e. The molecule has 2 aromatic carbocycles. The van der Waals surface area contributed by atoms with Crippen molar-refractivity contribution in [3.63, 3.8) is 0 Å². The lowest BCUT2D eigenvalue weighted by Crippen LogP contribution is -2.48. The molecule has 0 fully saturated rings. The van der Waals surface area contributed by atoms with Gasteiger partial charge in [0.1, 0.15) is 6.04 Å². The van der Waals surface area contributed by atoms with Crippen molar-refractivity contribution >= 4 is 40.1 Å². The van der Waals surface area contributed by atoms with Crippen molar-refractivity contribution in [1.29, 1.82) is 0 Å². The van der Waals surface area contributed by atoms with E-state index in [0.717, 1.165) is 26.8 Å². The first-order valence-corrected chi connectivity index (χ1v) is 13.9. The summed E-state index contributed by atoms with van der Waals surface area (Å²) in [6.07, 6.45) is 11.8. The molecule has 0 spiro atoms.